The largest absolute Gasteiger partial charge is 0.390 e. The highest BCUT2D eigenvalue weighted by Crippen LogP contribution is 2.34. The van der Waals surface area contributed by atoms with Crippen molar-refractivity contribution in [3.8, 4) is 0 Å². The van der Waals surface area contributed by atoms with E-state index in [1.165, 1.54) is 6.42 Å². The van der Waals surface area contributed by atoms with E-state index in [0.717, 1.165) is 36.8 Å². The molecule has 1 aliphatic carbocycles. The molecule has 1 unspecified atom stereocenters. The Morgan fingerprint density at radius 2 is 1.41 bits per heavy atom. The minimum Gasteiger partial charge on any atom is -0.390 e. The summed E-state index contributed by atoms with van der Waals surface area (Å²) in [5.74, 6) is -0.0535. The monoisotopic (exact) mass is 365 g/mol. The van der Waals surface area contributed by atoms with Crippen molar-refractivity contribution in [2.24, 2.45) is 5.92 Å². The van der Waals surface area contributed by atoms with Gasteiger partial charge in [-0.05, 0) is 30.4 Å². The molecule has 27 heavy (non-hydrogen) atoms. The standard InChI is InChI=1S/C24H31NO2/c1-20(17-24(27)15-9-4-10-16-24)23(26)25(18-21-11-5-2-6-12-21)19-22-13-7-3-8-14-22/h2-3,5-8,11-14,20,27H,4,9-10,15-19H2,1H3. The number of aliphatic hydroxyl groups is 1. The van der Waals surface area contributed by atoms with Crippen molar-refractivity contribution in [1.82, 2.24) is 4.90 Å². The number of hydrogen-bond acceptors (Lipinski definition) is 2. The summed E-state index contributed by atoms with van der Waals surface area (Å²) in [6, 6.07) is 20.3. The second-order valence-electron chi connectivity index (χ2n) is 8.06. The van der Waals surface area contributed by atoms with E-state index in [1.54, 1.807) is 0 Å². The second-order valence-corrected chi connectivity index (χ2v) is 8.06. The number of carbonyl (C=O) groups excluding carboxylic acids is 1. The van der Waals surface area contributed by atoms with Gasteiger partial charge in [-0.25, -0.2) is 0 Å². The van der Waals surface area contributed by atoms with Crippen molar-refractivity contribution in [3.05, 3.63) is 71.8 Å². The molecule has 2 aromatic carbocycles. The number of amides is 1. The quantitative estimate of drug-likeness (QED) is 0.755. The molecular weight excluding hydrogens is 334 g/mol. The summed E-state index contributed by atoms with van der Waals surface area (Å²) in [6.07, 6.45) is 5.53. The predicted octanol–water partition coefficient (Wildman–Crippen LogP) is 4.94. The molecule has 1 atom stereocenters. The molecule has 3 nitrogen and oxygen atoms in total. The summed E-state index contributed by atoms with van der Waals surface area (Å²) in [5.41, 5.74) is 1.59. The normalized spacial score (nSPS) is 17.3. The Balaban J connectivity index is 1.72. The molecule has 3 heteroatoms. The third-order valence-corrected chi connectivity index (χ3v) is 5.64. The highest BCUT2D eigenvalue weighted by molar-refractivity contribution is 5.78. The molecule has 0 spiro atoms. The molecule has 0 aliphatic heterocycles. The average Bonchev–Trinajstić information content (AvgIpc) is 2.69. The van der Waals surface area contributed by atoms with Crippen molar-refractivity contribution >= 4 is 5.91 Å². The van der Waals surface area contributed by atoms with Crippen molar-refractivity contribution in [1.29, 1.82) is 0 Å². The number of hydrogen-bond donors (Lipinski definition) is 1. The van der Waals surface area contributed by atoms with E-state index in [4.69, 9.17) is 0 Å². The first kappa shape index (κ1) is 19.6. The first-order chi connectivity index (χ1) is 13.1. The van der Waals surface area contributed by atoms with Gasteiger partial charge in [0.05, 0.1) is 5.60 Å². The van der Waals surface area contributed by atoms with Gasteiger partial charge in [0, 0.05) is 19.0 Å². The molecule has 1 aliphatic rings. The second kappa shape index (κ2) is 9.18. The van der Waals surface area contributed by atoms with Gasteiger partial charge in [0.25, 0.3) is 0 Å². The van der Waals surface area contributed by atoms with Crippen molar-refractivity contribution in [2.75, 3.05) is 0 Å². The Hall–Kier alpha value is -2.13. The Bertz CT molecular complexity index is 666. The van der Waals surface area contributed by atoms with Crippen LogP contribution in [0.3, 0.4) is 0 Å². The minimum absolute atomic E-state index is 0.127. The smallest absolute Gasteiger partial charge is 0.226 e. The fraction of sp³-hybridized carbons (Fsp3) is 0.458. The lowest BCUT2D eigenvalue weighted by Crippen LogP contribution is -2.40. The zero-order valence-corrected chi connectivity index (χ0v) is 16.3. The average molecular weight is 366 g/mol. The van der Waals surface area contributed by atoms with Gasteiger partial charge in [-0.3, -0.25) is 4.79 Å². The molecule has 1 amide bonds. The van der Waals surface area contributed by atoms with Gasteiger partial charge in [-0.1, -0.05) is 86.8 Å². The summed E-state index contributed by atoms with van der Waals surface area (Å²) >= 11 is 0. The molecule has 0 saturated heterocycles. The maximum atomic E-state index is 13.3. The Kier molecular flexibility index (Phi) is 6.68. The fourth-order valence-electron chi connectivity index (χ4n) is 4.20. The lowest BCUT2D eigenvalue weighted by molar-refractivity contribution is -0.139. The van der Waals surface area contributed by atoms with Gasteiger partial charge in [-0.15, -0.1) is 0 Å². The van der Waals surface area contributed by atoms with Gasteiger partial charge in [0.1, 0.15) is 0 Å². The molecule has 3 rings (SSSR count). The summed E-state index contributed by atoms with van der Waals surface area (Å²) < 4.78 is 0. The van der Waals surface area contributed by atoms with Crippen molar-refractivity contribution in [2.45, 2.75) is 64.1 Å². The van der Waals surface area contributed by atoms with Gasteiger partial charge in [0.2, 0.25) is 5.91 Å². The van der Waals surface area contributed by atoms with E-state index >= 15 is 0 Å². The maximum Gasteiger partial charge on any atom is 0.226 e. The van der Waals surface area contributed by atoms with E-state index in [9.17, 15) is 9.90 Å². The van der Waals surface area contributed by atoms with Gasteiger partial charge >= 0.3 is 0 Å². The number of benzene rings is 2. The zero-order chi connectivity index (χ0) is 19.1. The van der Waals surface area contributed by atoms with Gasteiger partial charge in [-0.2, -0.15) is 0 Å². The van der Waals surface area contributed by atoms with Crippen molar-refractivity contribution in [3.63, 3.8) is 0 Å². The van der Waals surface area contributed by atoms with Crippen LogP contribution >= 0.6 is 0 Å². The molecule has 1 fully saturated rings. The number of nitrogens with zero attached hydrogens (tertiary/aromatic N) is 1. The first-order valence-corrected chi connectivity index (χ1v) is 10.1. The molecule has 1 N–H and O–H groups in total. The molecule has 0 radical (unpaired) electrons. The van der Waals surface area contributed by atoms with E-state index in [2.05, 4.69) is 24.3 Å². The van der Waals surface area contributed by atoms with Crippen LogP contribution in [0.5, 0.6) is 0 Å². The minimum atomic E-state index is -0.668. The van der Waals surface area contributed by atoms with Crippen LogP contribution < -0.4 is 0 Å². The molecule has 0 heterocycles. The van der Waals surface area contributed by atoms with Gasteiger partial charge in [0.15, 0.2) is 0 Å². The van der Waals surface area contributed by atoms with Gasteiger partial charge < -0.3 is 10.0 Å². The van der Waals surface area contributed by atoms with E-state index in [-0.39, 0.29) is 11.8 Å². The Morgan fingerprint density at radius 3 is 1.89 bits per heavy atom. The maximum absolute atomic E-state index is 13.3. The van der Waals surface area contributed by atoms with Crippen LogP contribution in [0.25, 0.3) is 0 Å². The SMILES string of the molecule is CC(CC1(O)CCCCC1)C(=O)N(Cc1ccccc1)Cc1ccccc1. The van der Waals surface area contributed by atoms with Crippen LogP contribution in [0.15, 0.2) is 60.7 Å². The highest BCUT2D eigenvalue weighted by Gasteiger charge is 2.34. The van der Waals surface area contributed by atoms with Crippen LogP contribution in [0.1, 0.15) is 56.6 Å². The molecule has 2 aromatic rings. The molecule has 0 bridgehead atoms. The van der Waals surface area contributed by atoms with E-state index in [0.29, 0.717) is 19.5 Å². The molecule has 0 aromatic heterocycles. The number of rotatable bonds is 7. The molecule has 144 valence electrons. The summed E-state index contributed by atoms with van der Waals surface area (Å²) in [6.45, 7) is 3.16. The molecule has 1 saturated carbocycles. The third kappa shape index (κ3) is 5.67. The molecular formula is C24H31NO2. The van der Waals surface area contributed by atoms with E-state index < -0.39 is 5.60 Å². The Labute approximate surface area is 163 Å². The Morgan fingerprint density at radius 1 is 0.926 bits per heavy atom. The van der Waals surface area contributed by atoms with E-state index in [1.807, 2.05) is 48.2 Å². The van der Waals surface area contributed by atoms with Crippen LogP contribution in [0, 0.1) is 5.92 Å². The summed E-state index contributed by atoms with van der Waals surface area (Å²) in [7, 11) is 0. The predicted molar refractivity (Wildman–Crippen MR) is 109 cm³/mol. The zero-order valence-electron chi connectivity index (χ0n) is 16.3. The lowest BCUT2D eigenvalue weighted by Gasteiger charge is -2.35. The van der Waals surface area contributed by atoms with Crippen LogP contribution in [0.2, 0.25) is 0 Å². The topological polar surface area (TPSA) is 40.5 Å². The summed E-state index contributed by atoms with van der Waals surface area (Å²) in [4.78, 5) is 15.2. The van der Waals surface area contributed by atoms with Crippen LogP contribution in [-0.4, -0.2) is 21.5 Å². The fourth-order valence-corrected chi connectivity index (χ4v) is 4.20. The third-order valence-electron chi connectivity index (χ3n) is 5.64. The number of carbonyl (C=O) groups is 1. The highest BCUT2D eigenvalue weighted by atomic mass is 16.3. The first-order valence-electron chi connectivity index (χ1n) is 10.1. The van der Waals surface area contributed by atoms with Crippen LogP contribution in [0.4, 0.5) is 0 Å². The summed E-state index contributed by atoms with van der Waals surface area (Å²) in [5, 5.41) is 10.9. The lowest BCUT2D eigenvalue weighted by atomic mass is 9.79. The van der Waals surface area contributed by atoms with Crippen LogP contribution in [-0.2, 0) is 17.9 Å². The van der Waals surface area contributed by atoms with Crippen molar-refractivity contribution < 1.29 is 9.90 Å².